The van der Waals surface area contributed by atoms with E-state index in [9.17, 15) is 14.0 Å². The predicted molar refractivity (Wildman–Crippen MR) is 113 cm³/mol. The van der Waals surface area contributed by atoms with Crippen LogP contribution in [0.4, 0.5) is 10.1 Å². The summed E-state index contributed by atoms with van der Waals surface area (Å²) in [5.41, 5.74) is 2.36. The van der Waals surface area contributed by atoms with Gasteiger partial charge < -0.3 is 14.8 Å². The van der Waals surface area contributed by atoms with Crippen LogP contribution >= 0.6 is 0 Å². The van der Waals surface area contributed by atoms with Crippen molar-refractivity contribution in [3.63, 3.8) is 0 Å². The van der Waals surface area contributed by atoms with Crippen molar-refractivity contribution in [2.75, 3.05) is 32.2 Å². The maximum Gasteiger partial charge on any atom is 0.278 e. The van der Waals surface area contributed by atoms with Gasteiger partial charge in [-0.3, -0.25) is 14.5 Å². The van der Waals surface area contributed by atoms with Crippen molar-refractivity contribution in [3.8, 4) is 5.75 Å². The SMILES string of the molecule is CCOCCCN1C(=O)C(Nc2cc(C)ccc2OC)=C(c2ccc(F)cc2)C1=O. The minimum absolute atomic E-state index is 0.145. The molecule has 3 rings (SSSR count). The first-order valence-electron chi connectivity index (χ1n) is 9.82. The minimum Gasteiger partial charge on any atom is -0.495 e. The highest BCUT2D eigenvalue weighted by Gasteiger charge is 2.39. The van der Waals surface area contributed by atoms with Crippen LogP contribution in [0.25, 0.3) is 5.57 Å². The molecule has 0 aromatic heterocycles. The Balaban J connectivity index is 1.99. The highest BCUT2D eigenvalue weighted by Crippen LogP contribution is 2.34. The third-order valence-corrected chi connectivity index (χ3v) is 4.79. The molecule has 0 bridgehead atoms. The molecule has 0 radical (unpaired) electrons. The van der Waals surface area contributed by atoms with Gasteiger partial charge in [0.1, 0.15) is 17.3 Å². The lowest BCUT2D eigenvalue weighted by atomic mass is 10.0. The Labute approximate surface area is 175 Å². The summed E-state index contributed by atoms with van der Waals surface area (Å²) in [7, 11) is 1.53. The van der Waals surface area contributed by atoms with Crippen molar-refractivity contribution in [3.05, 3.63) is 65.1 Å². The van der Waals surface area contributed by atoms with Gasteiger partial charge in [0.25, 0.3) is 11.8 Å². The standard InChI is InChI=1S/C23H25FN2O4/c1-4-30-13-5-12-26-22(27)20(16-7-9-17(24)10-8-16)21(23(26)28)25-18-14-15(2)6-11-19(18)29-3/h6-11,14,25H,4-5,12-13H2,1-3H3. The minimum atomic E-state index is -0.431. The van der Waals surface area contributed by atoms with Gasteiger partial charge in [0.2, 0.25) is 0 Å². The second kappa shape index (κ2) is 9.54. The molecule has 0 spiro atoms. The number of nitrogens with zero attached hydrogens (tertiary/aromatic N) is 1. The molecule has 2 aromatic rings. The number of rotatable bonds is 9. The van der Waals surface area contributed by atoms with E-state index in [1.165, 1.54) is 36.3 Å². The number of amides is 2. The lowest BCUT2D eigenvalue weighted by molar-refractivity contribution is -0.137. The number of benzene rings is 2. The summed E-state index contributed by atoms with van der Waals surface area (Å²) in [6.45, 7) is 5.06. The van der Waals surface area contributed by atoms with Gasteiger partial charge in [0, 0.05) is 19.8 Å². The van der Waals surface area contributed by atoms with E-state index in [2.05, 4.69) is 5.32 Å². The van der Waals surface area contributed by atoms with E-state index in [1.807, 2.05) is 26.0 Å². The van der Waals surface area contributed by atoms with Gasteiger partial charge in [0.15, 0.2) is 0 Å². The molecular weight excluding hydrogens is 387 g/mol. The molecule has 0 saturated carbocycles. The second-order valence-electron chi connectivity index (χ2n) is 6.90. The number of hydrogen-bond acceptors (Lipinski definition) is 5. The summed E-state index contributed by atoms with van der Waals surface area (Å²) < 4.78 is 24.1. The Bertz CT molecular complexity index is 970. The molecule has 1 aliphatic heterocycles. The van der Waals surface area contributed by atoms with Gasteiger partial charge in [0.05, 0.1) is 18.4 Å². The largest absolute Gasteiger partial charge is 0.495 e. The van der Waals surface area contributed by atoms with E-state index >= 15 is 0 Å². The van der Waals surface area contributed by atoms with Crippen LogP contribution in [0.2, 0.25) is 0 Å². The maximum absolute atomic E-state index is 13.4. The van der Waals surface area contributed by atoms with Crippen molar-refractivity contribution < 1.29 is 23.5 Å². The maximum atomic E-state index is 13.4. The van der Waals surface area contributed by atoms with Crippen LogP contribution in [0.1, 0.15) is 24.5 Å². The Morgan fingerprint density at radius 2 is 1.80 bits per heavy atom. The molecule has 7 heteroatoms. The predicted octanol–water partition coefficient (Wildman–Crippen LogP) is 3.76. The fourth-order valence-electron chi connectivity index (χ4n) is 3.30. The van der Waals surface area contributed by atoms with E-state index < -0.39 is 17.6 Å². The lowest BCUT2D eigenvalue weighted by Crippen LogP contribution is -2.34. The molecule has 158 valence electrons. The highest BCUT2D eigenvalue weighted by atomic mass is 19.1. The van der Waals surface area contributed by atoms with Crippen molar-refractivity contribution in [1.82, 2.24) is 4.90 Å². The monoisotopic (exact) mass is 412 g/mol. The first-order chi connectivity index (χ1) is 14.5. The number of carbonyl (C=O) groups is 2. The zero-order valence-corrected chi connectivity index (χ0v) is 17.3. The van der Waals surface area contributed by atoms with E-state index in [1.54, 1.807) is 6.07 Å². The Hall–Kier alpha value is -3.19. The smallest absolute Gasteiger partial charge is 0.278 e. The number of hydrogen-bond donors (Lipinski definition) is 1. The van der Waals surface area contributed by atoms with Crippen LogP contribution in [-0.4, -0.2) is 43.6 Å². The van der Waals surface area contributed by atoms with Crippen LogP contribution in [0.5, 0.6) is 5.75 Å². The summed E-state index contributed by atoms with van der Waals surface area (Å²) in [5, 5.41) is 3.09. The molecule has 6 nitrogen and oxygen atoms in total. The molecule has 0 unspecified atom stereocenters. The molecule has 0 saturated heterocycles. The van der Waals surface area contributed by atoms with Gasteiger partial charge in [-0.25, -0.2) is 4.39 Å². The van der Waals surface area contributed by atoms with Gasteiger partial charge >= 0.3 is 0 Å². The summed E-state index contributed by atoms with van der Waals surface area (Å²) in [6.07, 6.45) is 0.531. The second-order valence-corrected chi connectivity index (χ2v) is 6.90. The first kappa shape index (κ1) is 21.5. The molecule has 1 heterocycles. The number of halogens is 1. The number of aryl methyl sites for hydroxylation is 1. The summed E-state index contributed by atoms with van der Waals surface area (Å²) >= 11 is 0. The molecule has 0 aliphatic carbocycles. The topological polar surface area (TPSA) is 67.9 Å². The van der Waals surface area contributed by atoms with Gasteiger partial charge in [-0.1, -0.05) is 18.2 Å². The Kier molecular flexibility index (Phi) is 6.84. The molecule has 30 heavy (non-hydrogen) atoms. The first-order valence-corrected chi connectivity index (χ1v) is 9.82. The van der Waals surface area contributed by atoms with Crippen LogP contribution < -0.4 is 10.1 Å². The summed E-state index contributed by atoms with van der Waals surface area (Å²) in [6, 6.07) is 11.0. The van der Waals surface area contributed by atoms with Crippen LogP contribution in [0, 0.1) is 12.7 Å². The molecule has 2 aromatic carbocycles. The molecule has 1 N–H and O–H groups in total. The van der Waals surface area contributed by atoms with Crippen LogP contribution in [0.15, 0.2) is 48.2 Å². The number of nitrogens with one attached hydrogen (secondary N) is 1. The highest BCUT2D eigenvalue weighted by molar-refractivity contribution is 6.36. The number of ether oxygens (including phenoxy) is 2. The van der Waals surface area contributed by atoms with Crippen molar-refractivity contribution >= 4 is 23.1 Å². The quantitative estimate of drug-likeness (QED) is 0.502. The lowest BCUT2D eigenvalue weighted by Gasteiger charge is -2.16. The molecule has 1 aliphatic rings. The zero-order valence-electron chi connectivity index (χ0n) is 17.3. The Morgan fingerprint density at radius 3 is 2.47 bits per heavy atom. The average Bonchev–Trinajstić information content (AvgIpc) is 2.96. The van der Waals surface area contributed by atoms with E-state index in [0.29, 0.717) is 36.6 Å². The van der Waals surface area contributed by atoms with Crippen LogP contribution in [-0.2, 0) is 14.3 Å². The van der Waals surface area contributed by atoms with Crippen LogP contribution in [0.3, 0.4) is 0 Å². The van der Waals surface area contributed by atoms with E-state index in [-0.39, 0.29) is 17.8 Å². The van der Waals surface area contributed by atoms with Crippen molar-refractivity contribution in [2.24, 2.45) is 0 Å². The van der Waals surface area contributed by atoms with Gasteiger partial charge in [-0.05, 0) is 55.7 Å². The number of imide groups is 1. The number of anilines is 1. The summed E-state index contributed by atoms with van der Waals surface area (Å²) in [5.74, 6) is -0.724. The zero-order chi connectivity index (χ0) is 21.7. The number of methoxy groups -OCH3 is 1. The van der Waals surface area contributed by atoms with Gasteiger partial charge in [-0.2, -0.15) is 0 Å². The fraction of sp³-hybridized carbons (Fsp3) is 0.304. The average molecular weight is 412 g/mol. The molecule has 0 atom stereocenters. The van der Waals surface area contributed by atoms with Gasteiger partial charge in [-0.15, -0.1) is 0 Å². The molecule has 2 amide bonds. The van der Waals surface area contributed by atoms with E-state index in [0.717, 1.165) is 5.56 Å². The number of carbonyl (C=O) groups excluding carboxylic acids is 2. The molecular formula is C23H25FN2O4. The van der Waals surface area contributed by atoms with Crippen molar-refractivity contribution in [1.29, 1.82) is 0 Å². The fourth-order valence-corrected chi connectivity index (χ4v) is 3.30. The third kappa shape index (κ3) is 4.52. The van der Waals surface area contributed by atoms with E-state index in [4.69, 9.17) is 9.47 Å². The normalized spacial score (nSPS) is 13.9. The van der Waals surface area contributed by atoms with Crippen molar-refractivity contribution in [2.45, 2.75) is 20.3 Å². The third-order valence-electron chi connectivity index (χ3n) is 4.79. The summed E-state index contributed by atoms with van der Waals surface area (Å²) in [4.78, 5) is 27.5. The molecule has 0 fully saturated rings. The Morgan fingerprint density at radius 1 is 1.07 bits per heavy atom.